The lowest BCUT2D eigenvalue weighted by Gasteiger charge is -2.45. The van der Waals surface area contributed by atoms with E-state index in [4.69, 9.17) is 0 Å². The minimum absolute atomic E-state index is 0.0704. The fourth-order valence-electron chi connectivity index (χ4n) is 3.44. The van der Waals surface area contributed by atoms with Gasteiger partial charge < -0.3 is 5.11 Å². The molecule has 0 amide bonds. The topological polar surface area (TPSA) is 23.5 Å². The zero-order chi connectivity index (χ0) is 12.5. The maximum atomic E-state index is 10.2. The normalized spacial score (nSPS) is 39.2. The molecular weight excluding hydrogens is 210 g/mol. The highest BCUT2D eigenvalue weighted by molar-refractivity contribution is 4.90. The van der Waals surface area contributed by atoms with E-state index in [1.165, 1.54) is 45.2 Å². The second-order valence-electron chi connectivity index (χ2n) is 6.92. The summed E-state index contributed by atoms with van der Waals surface area (Å²) in [5.41, 5.74) is 0.514. The summed E-state index contributed by atoms with van der Waals surface area (Å²) in [4.78, 5) is 2.57. The Bertz CT molecular complexity index is 241. The molecule has 2 fully saturated rings. The Morgan fingerprint density at radius 2 is 1.82 bits per heavy atom. The molecule has 2 nitrogen and oxygen atoms in total. The van der Waals surface area contributed by atoms with E-state index in [2.05, 4.69) is 25.7 Å². The summed E-state index contributed by atoms with van der Waals surface area (Å²) in [5.74, 6) is 0.846. The number of hydrogen-bond acceptors (Lipinski definition) is 2. The molecule has 0 aromatic heterocycles. The van der Waals surface area contributed by atoms with Crippen LogP contribution < -0.4 is 0 Å². The summed E-state index contributed by atoms with van der Waals surface area (Å²) in [6.07, 6.45) is 7.25. The van der Waals surface area contributed by atoms with Crippen LogP contribution in [0.3, 0.4) is 0 Å². The van der Waals surface area contributed by atoms with E-state index in [0.717, 1.165) is 12.3 Å². The van der Waals surface area contributed by atoms with Crippen molar-refractivity contribution < 1.29 is 5.11 Å². The quantitative estimate of drug-likeness (QED) is 0.800. The van der Waals surface area contributed by atoms with Crippen LogP contribution in [-0.2, 0) is 0 Å². The van der Waals surface area contributed by atoms with Crippen molar-refractivity contribution in [2.24, 2.45) is 11.3 Å². The third-order valence-electron chi connectivity index (χ3n) is 5.09. The van der Waals surface area contributed by atoms with Gasteiger partial charge in [0.15, 0.2) is 0 Å². The molecule has 1 saturated carbocycles. The van der Waals surface area contributed by atoms with Crippen LogP contribution in [0.15, 0.2) is 0 Å². The highest BCUT2D eigenvalue weighted by Crippen LogP contribution is 2.35. The predicted molar refractivity (Wildman–Crippen MR) is 72.0 cm³/mol. The van der Waals surface area contributed by atoms with Crippen molar-refractivity contribution in [3.8, 4) is 0 Å². The second-order valence-corrected chi connectivity index (χ2v) is 6.92. The highest BCUT2D eigenvalue weighted by atomic mass is 16.3. The number of nitrogens with zero attached hydrogens (tertiary/aromatic N) is 1. The molecular formula is C15H29NO. The number of aliphatic hydroxyl groups is 1. The summed E-state index contributed by atoms with van der Waals surface area (Å²) in [6, 6.07) is 0.449. The Labute approximate surface area is 106 Å². The van der Waals surface area contributed by atoms with E-state index < -0.39 is 0 Å². The molecule has 100 valence electrons. The molecule has 1 N–H and O–H groups in total. The minimum atomic E-state index is -0.0704. The first-order valence-corrected chi connectivity index (χ1v) is 7.44. The molecule has 1 aliphatic carbocycles. The van der Waals surface area contributed by atoms with Gasteiger partial charge in [0.05, 0.1) is 6.10 Å². The van der Waals surface area contributed by atoms with Crippen molar-refractivity contribution in [2.45, 2.75) is 71.4 Å². The number of hydrogen-bond donors (Lipinski definition) is 1. The first-order valence-electron chi connectivity index (χ1n) is 7.44. The third-order valence-corrected chi connectivity index (χ3v) is 5.09. The van der Waals surface area contributed by atoms with Crippen LogP contribution in [0.2, 0.25) is 0 Å². The molecule has 0 aromatic rings. The van der Waals surface area contributed by atoms with Crippen LogP contribution in [0.1, 0.15) is 59.3 Å². The maximum absolute atomic E-state index is 10.2. The Morgan fingerprint density at radius 3 is 2.41 bits per heavy atom. The van der Waals surface area contributed by atoms with Gasteiger partial charge in [0.1, 0.15) is 0 Å². The average molecular weight is 239 g/mol. The van der Waals surface area contributed by atoms with Gasteiger partial charge in [-0.1, -0.05) is 27.2 Å². The van der Waals surface area contributed by atoms with E-state index in [0.29, 0.717) is 11.5 Å². The van der Waals surface area contributed by atoms with Gasteiger partial charge in [0, 0.05) is 6.04 Å². The number of rotatable bonds is 2. The maximum Gasteiger partial charge on any atom is 0.0695 e. The molecule has 1 heterocycles. The zero-order valence-corrected chi connectivity index (χ0v) is 11.8. The van der Waals surface area contributed by atoms with Gasteiger partial charge in [-0.25, -0.2) is 0 Å². The molecule has 2 rings (SSSR count). The molecule has 0 spiro atoms. The molecule has 3 unspecified atom stereocenters. The van der Waals surface area contributed by atoms with Crippen LogP contribution in [-0.4, -0.2) is 35.2 Å². The van der Waals surface area contributed by atoms with Crippen LogP contribution in [0, 0.1) is 11.3 Å². The minimum Gasteiger partial charge on any atom is -0.391 e. The van der Waals surface area contributed by atoms with Gasteiger partial charge >= 0.3 is 0 Å². The molecule has 0 aromatic carbocycles. The Hall–Kier alpha value is -0.0800. The van der Waals surface area contributed by atoms with Crippen LogP contribution in [0.5, 0.6) is 0 Å². The zero-order valence-electron chi connectivity index (χ0n) is 11.8. The van der Waals surface area contributed by atoms with Crippen molar-refractivity contribution in [3.63, 3.8) is 0 Å². The number of aliphatic hydroxyl groups excluding tert-OH is 1. The predicted octanol–water partition coefficient (Wildman–Crippen LogP) is 3.05. The standard InChI is InChI=1S/C15H29NO/c1-4-12-5-6-14(17)13(11-12)16-9-7-15(2,3)8-10-16/h12-14,17H,4-11H2,1-3H3. The summed E-state index contributed by atoms with van der Waals surface area (Å²) in [6.45, 7) is 9.40. The lowest BCUT2D eigenvalue weighted by atomic mass is 9.78. The van der Waals surface area contributed by atoms with Gasteiger partial charge in [-0.2, -0.15) is 0 Å². The van der Waals surface area contributed by atoms with Gasteiger partial charge in [-0.3, -0.25) is 4.90 Å². The Kier molecular flexibility index (Phi) is 4.14. The summed E-state index contributed by atoms with van der Waals surface area (Å²) in [5, 5.41) is 10.2. The third kappa shape index (κ3) is 3.23. The van der Waals surface area contributed by atoms with E-state index >= 15 is 0 Å². The lowest BCUT2D eigenvalue weighted by molar-refractivity contribution is -0.0200. The molecule has 2 aliphatic rings. The number of likely N-dealkylation sites (tertiary alicyclic amines) is 1. The lowest BCUT2D eigenvalue weighted by Crippen LogP contribution is -2.51. The number of piperidine rings is 1. The van der Waals surface area contributed by atoms with E-state index in [9.17, 15) is 5.11 Å². The molecule has 1 saturated heterocycles. The van der Waals surface area contributed by atoms with E-state index in [-0.39, 0.29) is 6.10 Å². The van der Waals surface area contributed by atoms with E-state index in [1.54, 1.807) is 0 Å². The van der Waals surface area contributed by atoms with E-state index in [1.807, 2.05) is 0 Å². The monoisotopic (exact) mass is 239 g/mol. The highest BCUT2D eigenvalue weighted by Gasteiger charge is 2.35. The van der Waals surface area contributed by atoms with Crippen molar-refractivity contribution in [2.75, 3.05) is 13.1 Å². The molecule has 3 atom stereocenters. The van der Waals surface area contributed by atoms with Crippen LogP contribution in [0.25, 0.3) is 0 Å². The Balaban J connectivity index is 1.92. The summed E-state index contributed by atoms with van der Waals surface area (Å²) >= 11 is 0. The summed E-state index contributed by atoms with van der Waals surface area (Å²) in [7, 11) is 0. The molecule has 0 radical (unpaired) electrons. The van der Waals surface area contributed by atoms with Gasteiger partial charge in [0.2, 0.25) is 0 Å². The fourth-order valence-corrected chi connectivity index (χ4v) is 3.44. The van der Waals surface area contributed by atoms with Crippen molar-refractivity contribution in [1.29, 1.82) is 0 Å². The van der Waals surface area contributed by atoms with Crippen molar-refractivity contribution in [3.05, 3.63) is 0 Å². The summed E-state index contributed by atoms with van der Waals surface area (Å²) < 4.78 is 0. The van der Waals surface area contributed by atoms with Crippen molar-refractivity contribution in [1.82, 2.24) is 4.90 Å². The second kappa shape index (κ2) is 5.27. The Morgan fingerprint density at radius 1 is 1.18 bits per heavy atom. The average Bonchev–Trinajstić information content (AvgIpc) is 2.30. The molecule has 2 heteroatoms. The van der Waals surface area contributed by atoms with Gasteiger partial charge in [0.25, 0.3) is 0 Å². The first-order chi connectivity index (χ1) is 8.02. The first kappa shape index (κ1) is 13.4. The smallest absolute Gasteiger partial charge is 0.0695 e. The van der Waals surface area contributed by atoms with Crippen molar-refractivity contribution >= 4 is 0 Å². The SMILES string of the molecule is CCC1CCC(O)C(N2CCC(C)(C)CC2)C1. The van der Waals surface area contributed by atoms with Crippen LogP contribution in [0.4, 0.5) is 0 Å². The van der Waals surface area contributed by atoms with Gasteiger partial charge in [-0.05, 0) is 56.5 Å². The largest absolute Gasteiger partial charge is 0.391 e. The van der Waals surface area contributed by atoms with Gasteiger partial charge in [-0.15, -0.1) is 0 Å². The van der Waals surface area contributed by atoms with Crippen LogP contribution >= 0.6 is 0 Å². The molecule has 17 heavy (non-hydrogen) atoms. The fraction of sp³-hybridized carbons (Fsp3) is 1.00. The molecule has 0 bridgehead atoms. The molecule has 1 aliphatic heterocycles.